The first kappa shape index (κ1) is 16.0. The van der Waals surface area contributed by atoms with Crippen LogP contribution in [0.5, 0.6) is 0 Å². The SMILES string of the molecule is O=C(COC(=O)C[C@@H]1C[C@H]2CC[C@H]1C2)NCc1ccc(F)cc1. The second-order valence-electron chi connectivity index (χ2n) is 6.70. The Kier molecular flexibility index (Phi) is 4.94. The summed E-state index contributed by atoms with van der Waals surface area (Å²) in [6.07, 6.45) is 5.38. The van der Waals surface area contributed by atoms with Crippen molar-refractivity contribution in [2.75, 3.05) is 6.61 Å². The lowest BCUT2D eigenvalue weighted by atomic mass is 9.86. The highest BCUT2D eigenvalue weighted by Crippen LogP contribution is 2.49. The first-order chi connectivity index (χ1) is 11.1. The average molecular weight is 319 g/mol. The number of fused-ring (bicyclic) bond motifs is 2. The van der Waals surface area contributed by atoms with E-state index < -0.39 is 0 Å². The molecule has 2 aliphatic rings. The van der Waals surface area contributed by atoms with E-state index in [1.165, 1.54) is 31.4 Å². The number of rotatable bonds is 6. The third-order valence-corrected chi connectivity index (χ3v) is 5.08. The first-order valence-electron chi connectivity index (χ1n) is 8.27. The van der Waals surface area contributed by atoms with E-state index in [9.17, 15) is 14.0 Å². The van der Waals surface area contributed by atoms with Gasteiger partial charge in [0.05, 0.1) is 0 Å². The number of benzene rings is 1. The summed E-state index contributed by atoms with van der Waals surface area (Å²) in [5.41, 5.74) is 0.799. The number of nitrogens with one attached hydrogen (secondary N) is 1. The Morgan fingerprint density at radius 3 is 2.61 bits per heavy atom. The molecule has 1 aromatic carbocycles. The number of hydrogen-bond donors (Lipinski definition) is 1. The van der Waals surface area contributed by atoms with E-state index in [-0.39, 0.29) is 24.3 Å². The minimum absolute atomic E-state index is 0.249. The van der Waals surface area contributed by atoms with E-state index in [0.29, 0.717) is 24.8 Å². The summed E-state index contributed by atoms with van der Waals surface area (Å²) < 4.78 is 17.8. The van der Waals surface area contributed by atoms with Crippen LogP contribution in [0.1, 0.15) is 37.7 Å². The molecule has 1 amide bonds. The molecule has 0 spiro atoms. The second-order valence-corrected chi connectivity index (χ2v) is 6.70. The van der Waals surface area contributed by atoms with E-state index in [0.717, 1.165) is 17.9 Å². The molecule has 1 N–H and O–H groups in total. The van der Waals surface area contributed by atoms with Gasteiger partial charge in [-0.2, -0.15) is 0 Å². The molecular formula is C18H22FNO3. The van der Waals surface area contributed by atoms with Gasteiger partial charge in [-0.05, 0) is 54.7 Å². The molecule has 0 saturated heterocycles. The number of halogens is 1. The Hall–Kier alpha value is -1.91. The summed E-state index contributed by atoms with van der Waals surface area (Å²) in [5, 5.41) is 2.66. The molecule has 2 saturated carbocycles. The highest BCUT2D eigenvalue weighted by molar-refractivity contribution is 5.80. The van der Waals surface area contributed by atoms with Crippen LogP contribution in [0, 0.1) is 23.6 Å². The van der Waals surface area contributed by atoms with Gasteiger partial charge in [0, 0.05) is 13.0 Å². The summed E-state index contributed by atoms with van der Waals surface area (Å²) in [7, 11) is 0. The minimum Gasteiger partial charge on any atom is -0.456 e. The first-order valence-corrected chi connectivity index (χ1v) is 8.27. The van der Waals surface area contributed by atoms with Gasteiger partial charge in [0.25, 0.3) is 5.91 Å². The molecule has 5 heteroatoms. The van der Waals surface area contributed by atoms with E-state index in [1.54, 1.807) is 12.1 Å². The zero-order chi connectivity index (χ0) is 16.2. The van der Waals surface area contributed by atoms with Crippen molar-refractivity contribution in [3.63, 3.8) is 0 Å². The molecular weight excluding hydrogens is 297 g/mol. The summed E-state index contributed by atoms with van der Waals surface area (Å²) in [4.78, 5) is 23.5. The monoisotopic (exact) mass is 319 g/mol. The summed E-state index contributed by atoms with van der Waals surface area (Å²) in [6.45, 7) is 0.0455. The van der Waals surface area contributed by atoms with Crippen molar-refractivity contribution in [2.45, 2.75) is 38.6 Å². The number of esters is 1. The van der Waals surface area contributed by atoms with Crippen LogP contribution in [0.25, 0.3) is 0 Å². The van der Waals surface area contributed by atoms with Crippen LogP contribution < -0.4 is 5.32 Å². The van der Waals surface area contributed by atoms with Crippen molar-refractivity contribution in [1.82, 2.24) is 5.32 Å². The molecule has 0 unspecified atom stereocenters. The number of amides is 1. The lowest BCUT2D eigenvalue weighted by Gasteiger charge is -2.20. The lowest BCUT2D eigenvalue weighted by Crippen LogP contribution is -2.29. The molecule has 0 heterocycles. The van der Waals surface area contributed by atoms with Gasteiger partial charge < -0.3 is 10.1 Å². The number of ether oxygens (including phenoxy) is 1. The minimum atomic E-state index is -0.337. The molecule has 0 aliphatic heterocycles. The predicted molar refractivity (Wildman–Crippen MR) is 82.8 cm³/mol. The number of hydrogen-bond acceptors (Lipinski definition) is 3. The molecule has 2 bridgehead atoms. The van der Waals surface area contributed by atoms with E-state index in [2.05, 4.69) is 5.32 Å². The molecule has 23 heavy (non-hydrogen) atoms. The number of carbonyl (C=O) groups is 2. The Balaban J connectivity index is 1.34. The van der Waals surface area contributed by atoms with Crippen LogP contribution in [0.4, 0.5) is 4.39 Å². The Morgan fingerprint density at radius 1 is 1.17 bits per heavy atom. The topological polar surface area (TPSA) is 55.4 Å². The molecule has 2 fully saturated rings. The molecule has 3 atom stereocenters. The van der Waals surface area contributed by atoms with Gasteiger partial charge in [-0.1, -0.05) is 18.6 Å². The van der Waals surface area contributed by atoms with Crippen LogP contribution in [0.3, 0.4) is 0 Å². The van der Waals surface area contributed by atoms with Crippen LogP contribution >= 0.6 is 0 Å². The smallest absolute Gasteiger partial charge is 0.306 e. The summed E-state index contributed by atoms with van der Waals surface area (Å²) in [5.74, 6) is 1.00. The standard InChI is InChI=1S/C18H22FNO3/c19-16-5-2-12(3-6-16)10-20-17(21)11-23-18(22)9-15-8-13-1-4-14(15)7-13/h2-3,5-6,13-15H,1,4,7-11H2,(H,20,21)/t13-,14-,15-/m0/s1. The van der Waals surface area contributed by atoms with Gasteiger partial charge >= 0.3 is 5.97 Å². The maximum Gasteiger partial charge on any atom is 0.306 e. The molecule has 0 radical (unpaired) electrons. The highest BCUT2D eigenvalue weighted by Gasteiger charge is 2.40. The zero-order valence-electron chi connectivity index (χ0n) is 13.1. The normalized spacial score (nSPS) is 25.3. The summed E-state index contributed by atoms with van der Waals surface area (Å²) in [6, 6.07) is 5.90. The van der Waals surface area contributed by atoms with Crippen molar-refractivity contribution >= 4 is 11.9 Å². The fourth-order valence-corrected chi connectivity index (χ4v) is 3.90. The molecule has 2 aliphatic carbocycles. The summed E-state index contributed by atoms with van der Waals surface area (Å²) >= 11 is 0. The molecule has 124 valence electrons. The third kappa shape index (κ3) is 4.30. The van der Waals surface area contributed by atoms with E-state index >= 15 is 0 Å². The Bertz CT molecular complexity index is 572. The van der Waals surface area contributed by atoms with Crippen molar-refractivity contribution < 1.29 is 18.7 Å². The van der Waals surface area contributed by atoms with Crippen LogP contribution in [-0.4, -0.2) is 18.5 Å². The molecule has 4 nitrogen and oxygen atoms in total. The fraction of sp³-hybridized carbons (Fsp3) is 0.556. The van der Waals surface area contributed by atoms with E-state index in [1.807, 2.05) is 0 Å². The van der Waals surface area contributed by atoms with Crippen molar-refractivity contribution in [2.24, 2.45) is 17.8 Å². The lowest BCUT2D eigenvalue weighted by molar-refractivity contribution is -0.149. The quantitative estimate of drug-likeness (QED) is 0.820. The Labute approximate surface area is 135 Å². The van der Waals surface area contributed by atoms with Crippen molar-refractivity contribution in [3.05, 3.63) is 35.6 Å². The largest absolute Gasteiger partial charge is 0.456 e. The van der Waals surface area contributed by atoms with Gasteiger partial charge in [0.2, 0.25) is 0 Å². The van der Waals surface area contributed by atoms with Crippen LogP contribution in [-0.2, 0) is 20.9 Å². The third-order valence-electron chi connectivity index (χ3n) is 5.08. The maximum absolute atomic E-state index is 12.8. The van der Waals surface area contributed by atoms with Crippen molar-refractivity contribution in [1.29, 1.82) is 0 Å². The Morgan fingerprint density at radius 2 is 1.96 bits per heavy atom. The second kappa shape index (κ2) is 7.11. The van der Waals surface area contributed by atoms with Crippen molar-refractivity contribution in [3.8, 4) is 0 Å². The van der Waals surface area contributed by atoms with Gasteiger partial charge in [0.15, 0.2) is 6.61 Å². The fourth-order valence-electron chi connectivity index (χ4n) is 3.90. The van der Waals surface area contributed by atoms with Gasteiger partial charge in [-0.25, -0.2) is 4.39 Å². The molecule has 0 aromatic heterocycles. The van der Waals surface area contributed by atoms with Crippen LogP contribution in [0.2, 0.25) is 0 Å². The average Bonchev–Trinajstić information content (AvgIpc) is 3.15. The van der Waals surface area contributed by atoms with Gasteiger partial charge in [-0.3, -0.25) is 9.59 Å². The van der Waals surface area contributed by atoms with E-state index in [4.69, 9.17) is 4.74 Å². The van der Waals surface area contributed by atoms with Gasteiger partial charge in [-0.15, -0.1) is 0 Å². The molecule has 3 rings (SSSR count). The zero-order valence-corrected chi connectivity index (χ0v) is 13.1. The highest BCUT2D eigenvalue weighted by atomic mass is 19.1. The predicted octanol–water partition coefficient (Wildman–Crippen LogP) is 2.81. The number of carbonyl (C=O) groups excluding carboxylic acids is 2. The molecule has 1 aromatic rings. The van der Waals surface area contributed by atoms with Crippen LogP contribution in [0.15, 0.2) is 24.3 Å². The van der Waals surface area contributed by atoms with Gasteiger partial charge in [0.1, 0.15) is 5.82 Å². The maximum atomic E-state index is 12.8.